The molecule has 0 saturated heterocycles. The topological polar surface area (TPSA) is 68.8 Å². The Morgan fingerprint density at radius 2 is 2.24 bits per heavy atom. The first kappa shape index (κ1) is 11.8. The molecule has 0 fully saturated rings. The minimum absolute atomic E-state index is 0.391. The van der Waals surface area contributed by atoms with E-state index in [4.69, 9.17) is 4.52 Å². The van der Waals surface area contributed by atoms with E-state index in [1.807, 2.05) is 16.9 Å². The van der Waals surface area contributed by atoms with Crippen LogP contribution in [0.2, 0.25) is 0 Å². The number of hydrogen-bond donors (Lipinski definition) is 1. The second-order valence-electron chi connectivity index (χ2n) is 4.22. The lowest BCUT2D eigenvalue weighted by molar-refractivity contribution is 0.363. The fourth-order valence-corrected chi connectivity index (χ4v) is 1.47. The summed E-state index contributed by atoms with van der Waals surface area (Å²) < 4.78 is 6.93. The van der Waals surface area contributed by atoms with Gasteiger partial charge >= 0.3 is 0 Å². The summed E-state index contributed by atoms with van der Waals surface area (Å²) in [5.41, 5.74) is 1.01. The number of hydrogen-bond acceptors (Lipinski definition) is 5. The van der Waals surface area contributed by atoms with Crippen LogP contribution in [-0.2, 0) is 13.1 Å². The summed E-state index contributed by atoms with van der Waals surface area (Å²) >= 11 is 0. The molecule has 0 saturated carbocycles. The summed E-state index contributed by atoms with van der Waals surface area (Å²) in [6.45, 7) is 7.27. The van der Waals surface area contributed by atoms with Crippen LogP contribution >= 0.6 is 0 Å². The molecule has 0 unspecified atom stereocenters. The summed E-state index contributed by atoms with van der Waals surface area (Å²) in [6.07, 6.45) is 1.98. The van der Waals surface area contributed by atoms with Crippen LogP contribution in [0.3, 0.4) is 0 Å². The highest BCUT2D eigenvalue weighted by Crippen LogP contribution is 2.04. The SMILES string of the molecule is Cc1noc(CNCc2ccn(C(C)C)n2)n1. The Balaban J connectivity index is 1.81. The number of aryl methyl sites for hydroxylation is 1. The Bertz CT molecular complexity index is 474. The second kappa shape index (κ2) is 5.09. The van der Waals surface area contributed by atoms with E-state index in [1.165, 1.54) is 0 Å². The predicted octanol–water partition coefficient (Wildman–Crippen LogP) is 1.45. The maximum Gasteiger partial charge on any atom is 0.240 e. The Morgan fingerprint density at radius 1 is 1.41 bits per heavy atom. The van der Waals surface area contributed by atoms with Crippen molar-refractivity contribution in [1.82, 2.24) is 25.2 Å². The molecule has 0 spiro atoms. The maximum absolute atomic E-state index is 5.00. The number of aromatic nitrogens is 4. The molecule has 6 heteroatoms. The van der Waals surface area contributed by atoms with Crippen LogP contribution in [0.15, 0.2) is 16.8 Å². The maximum atomic E-state index is 5.00. The largest absolute Gasteiger partial charge is 0.338 e. The molecule has 1 N–H and O–H groups in total. The van der Waals surface area contributed by atoms with Crippen molar-refractivity contribution in [3.63, 3.8) is 0 Å². The van der Waals surface area contributed by atoms with Gasteiger partial charge in [0.1, 0.15) is 0 Å². The van der Waals surface area contributed by atoms with Crippen molar-refractivity contribution in [2.24, 2.45) is 0 Å². The lowest BCUT2D eigenvalue weighted by atomic mass is 10.4. The van der Waals surface area contributed by atoms with Crippen LogP contribution in [0.1, 0.15) is 37.3 Å². The highest BCUT2D eigenvalue weighted by atomic mass is 16.5. The quantitative estimate of drug-likeness (QED) is 0.849. The van der Waals surface area contributed by atoms with Gasteiger partial charge in [0.25, 0.3) is 0 Å². The molecule has 92 valence electrons. The summed E-state index contributed by atoms with van der Waals surface area (Å²) in [5.74, 6) is 1.26. The van der Waals surface area contributed by atoms with Gasteiger partial charge in [-0.25, -0.2) is 0 Å². The van der Waals surface area contributed by atoms with Gasteiger partial charge in [-0.05, 0) is 26.8 Å². The predicted molar refractivity (Wildman–Crippen MR) is 62.2 cm³/mol. The first-order chi connectivity index (χ1) is 8.15. The lowest BCUT2D eigenvalue weighted by Gasteiger charge is -2.03. The lowest BCUT2D eigenvalue weighted by Crippen LogP contribution is -2.14. The number of rotatable bonds is 5. The first-order valence-electron chi connectivity index (χ1n) is 5.69. The van der Waals surface area contributed by atoms with Gasteiger partial charge in [-0.3, -0.25) is 4.68 Å². The average Bonchev–Trinajstić information content (AvgIpc) is 2.88. The highest BCUT2D eigenvalue weighted by Gasteiger charge is 2.04. The van der Waals surface area contributed by atoms with Crippen molar-refractivity contribution in [3.8, 4) is 0 Å². The zero-order valence-corrected chi connectivity index (χ0v) is 10.3. The molecule has 0 aliphatic carbocycles. The standard InChI is InChI=1S/C11H17N5O/c1-8(2)16-5-4-10(14-16)6-12-7-11-13-9(3)15-17-11/h4-5,8,12H,6-7H2,1-3H3. The molecule has 2 aromatic heterocycles. The zero-order chi connectivity index (χ0) is 12.3. The molecule has 0 bridgehead atoms. The van der Waals surface area contributed by atoms with Crippen LogP contribution in [-0.4, -0.2) is 19.9 Å². The normalized spacial score (nSPS) is 11.3. The number of nitrogens with one attached hydrogen (secondary N) is 1. The van der Waals surface area contributed by atoms with Crippen LogP contribution in [0, 0.1) is 6.92 Å². The second-order valence-corrected chi connectivity index (χ2v) is 4.22. The molecule has 2 rings (SSSR count). The summed E-state index contributed by atoms with van der Waals surface area (Å²) in [4.78, 5) is 4.11. The van der Waals surface area contributed by atoms with Gasteiger partial charge in [0, 0.05) is 18.8 Å². The van der Waals surface area contributed by atoms with E-state index in [2.05, 4.69) is 34.4 Å². The minimum Gasteiger partial charge on any atom is -0.338 e. The van der Waals surface area contributed by atoms with E-state index >= 15 is 0 Å². The van der Waals surface area contributed by atoms with E-state index in [9.17, 15) is 0 Å². The van der Waals surface area contributed by atoms with Gasteiger partial charge in [0.05, 0.1) is 12.2 Å². The third-order valence-electron chi connectivity index (χ3n) is 2.34. The monoisotopic (exact) mass is 235 g/mol. The molecule has 2 heterocycles. The Labute approximate surface area is 100 Å². The Kier molecular flexibility index (Phi) is 3.53. The van der Waals surface area contributed by atoms with E-state index in [0.717, 1.165) is 5.69 Å². The molecule has 2 aromatic rings. The van der Waals surface area contributed by atoms with Crippen LogP contribution in [0.4, 0.5) is 0 Å². The van der Waals surface area contributed by atoms with Crippen LogP contribution < -0.4 is 5.32 Å². The van der Waals surface area contributed by atoms with Crippen molar-refractivity contribution >= 4 is 0 Å². The average molecular weight is 235 g/mol. The van der Waals surface area contributed by atoms with Gasteiger partial charge in [-0.15, -0.1) is 0 Å². The summed E-state index contributed by atoms with van der Waals surface area (Å²) in [7, 11) is 0. The Morgan fingerprint density at radius 3 is 2.82 bits per heavy atom. The summed E-state index contributed by atoms with van der Waals surface area (Å²) in [5, 5.41) is 11.4. The van der Waals surface area contributed by atoms with Gasteiger partial charge in [-0.1, -0.05) is 5.16 Å². The fraction of sp³-hybridized carbons (Fsp3) is 0.545. The molecular formula is C11H17N5O. The van der Waals surface area contributed by atoms with Crippen molar-refractivity contribution in [2.45, 2.75) is 39.9 Å². The smallest absolute Gasteiger partial charge is 0.240 e. The summed E-state index contributed by atoms with van der Waals surface area (Å²) in [6, 6.07) is 2.40. The van der Waals surface area contributed by atoms with Crippen molar-refractivity contribution in [1.29, 1.82) is 0 Å². The van der Waals surface area contributed by atoms with Gasteiger partial charge in [-0.2, -0.15) is 10.1 Å². The van der Waals surface area contributed by atoms with Crippen LogP contribution in [0.5, 0.6) is 0 Å². The third-order valence-corrected chi connectivity index (χ3v) is 2.34. The first-order valence-corrected chi connectivity index (χ1v) is 5.69. The Hall–Kier alpha value is -1.69. The van der Waals surface area contributed by atoms with E-state index in [0.29, 0.717) is 30.8 Å². The van der Waals surface area contributed by atoms with E-state index in [1.54, 1.807) is 6.92 Å². The number of nitrogens with zero attached hydrogens (tertiary/aromatic N) is 4. The fourth-order valence-electron chi connectivity index (χ4n) is 1.47. The van der Waals surface area contributed by atoms with Gasteiger partial charge in [0.15, 0.2) is 5.82 Å². The van der Waals surface area contributed by atoms with Crippen LogP contribution in [0.25, 0.3) is 0 Å². The zero-order valence-electron chi connectivity index (χ0n) is 10.3. The minimum atomic E-state index is 0.391. The van der Waals surface area contributed by atoms with E-state index in [-0.39, 0.29) is 0 Å². The third kappa shape index (κ3) is 3.13. The van der Waals surface area contributed by atoms with Gasteiger partial charge in [0.2, 0.25) is 5.89 Å². The molecule has 17 heavy (non-hydrogen) atoms. The molecule has 0 radical (unpaired) electrons. The molecule has 0 atom stereocenters. The highest BCUT2D eigenvalue weighted by molar-refractivity contribution is 4.99. The molecule has 0 aliphatic heterocycles. The van der Waals surface area contributed by atoms with Crippen molar-refractivity contribution < 1.29 is 4.52 Å². The molecule has 0 aromatic carbocycles. The van der Waals surface area contributed by atoms with Gasteiger partial charge < -0.3 is 9.84 Å². The van der Waals surface area contributed by atoms with Crippen molar-refractivity contribution in [2.75, 3.05) is 0 Å². The molecule has 0 aliphatic rings. The van der Waals surface area contributed by atoms with E-state index < -0.39 is 0 Å². The molecule has 6 nitrogen and oxygen atoms in total. The molecular weight excluding hydrogens is 218 g/mol. The molecule has 0 amide bonds. The van der Waals surface area contributed by atoms with Crippen molar-refractivity contribution in [3.05, 3.63) is 29.7 Å².